The fraction of sp³-hybridized carbons (Fsp3) is 0.421. The van der Waals surface area contributed by atoms with Crippen LogP contribution in [-0.2, 0) is 11.3 Å². The Hall–Kier alpha value is -2.88. The number of carbonyl (C=O) groups excluding carboxylic acids is 2. The Morgan fingerprint density at radius 3 is 2.79 bits per heavy atom. The van der Waals surface area contributed by atoms with Gasteiger partial charge >= 0.3 is 6.03 Å². The molecule has 1 aliphatic carbocycles. The number of aromatic nitrogens is 4. The maximum absolute atomic E-state index is 12.9. The molecular formula is C19H22N6O3S. The van der Waals surface area contributed by atoms with Crippen molar-refractivity contribution in [1.29, 1.82) is 0 Å². The van der Waals surface area contributed by atoms with Gasteiger partial charge in [0.15, 0.2) is 5.16 Å². The van der Waals surface area contributed by atoms with Crippen LogP contribution in [0, 0.1) is 0 Å². The number of fused-ring (bicyclic) bond motifs is 3. The number of amides is 3. The quantitative estimate of drug-likeness (QED) is 0.572. The largest absolute Gasteiger partial charge is 0.335 e. The number of rotatable bonds is 7. The van der Waals surface area contributed by atoms with Gasteiger partial charge in [-0.3, -0.25) is 23.9 Å². The number of carbonyl (C=O) groups is 2. The number of imide groups is 1. The maximum atomic E-state index is 12.9. The Kier molecular flexibility index (Phi) is 5.52. The van der Waals surface area contributed by atoms with E-state index in [1.807, 2.05) is 18.2 Å². The molecule has 1 saturated carbocycles. The van der Waals surface area contributed by atoms with Gasteiger partial charge in [0.2, 0.25) is 11.7 Å². The van der Waals surface area contributed by atoms with Crippen molar-refractivity contribution in [3.63, 3.8) is 0 Å². The summed E-state index contributed by atoms with van der Waals surface area (Å²) in [4.78, 5) is 36.7. The van der Waals surface area contributed by atoms with Crippen LogP contribution in [0.5, 0.6) is 0 Å². The van der Waals surface area contributed by atoms with Crippen LogP contribution in [0.1, 0.15) is 32.6 Å². The van der Waals surface area contributed by atoms with E-state index in [0.29, 0.717) is 28.4 Å². The number of hydrogen-bond donors (Lipinski definition) is 2. The number of aryl methyl sites for hydroxylation is 1. The van der Waals surface area contributed by atoms with Crippen LogP contribution >= 0.6 is 11.8 Å². The van der Waals surface area contributed by atoms with E-state index in [0.717, 1.165) is 25.7 Å². The van der Waals surface area contributed by atoms with Crippen molar-refractivity contribution in [3.05, 3.63) is 34.6 Å². The number of unbranched alkanes of at least 4 members (excludes halogenated alkanes) is 1. The minimum absolute atomic E-state index is 0.0152. The van der Waals surface area contributed by atoms with Gasteiger partial charge in [0, 0.05) is 12.6 Å². The molecule has 1 fully saturated rings. The van der Waals surface area contributed by atoms with Crippen LogP contribution in [0.25, 0.3) is 16.7 Å². The molecule has 10 heteroatoms. The molecule has 0 saturated heterocycles. The molecule has 3 aromatic rings. The molecule has 1 aromatic carbocycles. The highest BCUT2D eigenvalue weighted by Gasteiger charge is 2.24. The van der Waals surface area contributed by atoms with Crippen molar-refractivity contribution in [3.8, 4) is 0 Å². The van der Waals surface area contributed by atoms with Crippen molar-refractivity contribution in [2.24, 2.45) is 0 Å². The van der Waals surface area contributed by atoms with E-state index >= 15 is 0 Å². The van der Waals surface area contributed by atoms with E-state index in [2.05, 4.69) is 27.8 Å². The predicted molar refractivity (Wildman–Crippen MR) is 110 cm³/mol. The van der Waals surface area contributed by atoms with Gasteiger partial charge in [-0.1, -0.05) is 37.2 Å². The third kappa shape index (κ3) is 4.12. The molecule has 2 N–H and O–H groups in total. The third-order valence-electron chi connectivity index (χ3n) is 4.71. The smallest absolute Gasteiger partial charge is 0.321 e. The maximum Gasteiger partial charge on any atom is 0.321 e. The highest BCUT2D eigenvalue weighted by Crippen LogP contribution is 2.22. The summed E-state index contributed by atoms with van der Waals surface area (Å²) in [5, 5.41) is 14.5. The number of urea groups is 1. The standard InChI is InChI=1S/C19H22N6O3S/c1-2-3-10-24-16(27)13-6-4-5-7-14(13)25-18(24)22-23-19(25)29-11-15(26)21-17(28)20-12-8-9-12/h4-7,12H,2-3,8-11H2,1H3,(H2,20,21,26,28). The monoisotopic (exact) mass is 414 g/mol. The first kappa shape index (κ1) is 19.4. The van der Waals surface area contributed by atoms with Gasteiger partial charge in [0.1, 0.15) is 0 Å². The minimum atomic E-state index is -0.469. The third-order valence-corrected chi connectivity index (χ3v) is 5.64. The Morgan fingerprint density at radius 1 is 1.24 bits per heavy atom. The first-order valence-corrected chi connectivity index (χ1v) is 10.7. The SMILES string of the molecule is CCCCn1c(=O)c2ccccc2n2c(SCC(=O)NC(=O)NC3CC3)nnc12. The van der Waals surface area contributed by atoms with Crippen molar-refractivity contribution in [1.82, 2.24) is 29.8 Å². The summed E-state index contributed by atoms with van der Waals surface area (Å²) in [6.45, 7) is 2.61. The summed E-state index contributed by atoms with van der Waals surface area (Å²) < 4.78 is 3.43. The number of para-hydroxylation sites is 1. The second kappa shape index (κ2) is 8.24. The van der Waals surface area contributed by atoms with E-state index in [4.69, 9.17) is 0 Å². The first-order valence-electron chi connectivity index (χ1n) is 9.68. The molecule has 3 amide bonds. The molecule has 0 atom stereocenters. The number of nitrogens with zero attached hydrogens (tertiary/aromatic N) is 4. The van der Waals surface area contributed by atoms with Gasteiger partial charge in [-0.05, 0) is 31.4 Å². The second-order valence-corrected chi connectivity index (χ2v) is 7.97. The molecular weight excluding hydrogens is 392 g/mol. The van der Waals surface area contributed by atoms with Crippen LogP contribution in [0.4, 0.5) is 4.79 Å². The summed E-state index contributed by atoms with van der Waals surface area (Å²) in [5.41, 5.74) is 0.597. The van der Waals surface area contributed by atoms with E-state index in [-0.39, 0.29) is 17.4 Å². The van der Waals surface area contributed by atoms with Gasteiger partial charge in [0.25, 0.3) is 5.56 Å². The zero-order valence-corrected chi connectivity index (χ0v) is 16.9. The molecule has 9 nitrogen and oxygen atoms in total. The van der Waals surface area contributed by atoms with Gasteiger partial charge in [-0.2, -0.15) is 0 Å². The van der Waals surface area contributed by atoms with E-state index < -0.39 is 11.9 Å². The molecule has 1 aliphatic rings. The van der Waals surface area contributed by atoms with Crippen LogP contribution in [0.2, 0.25) is 0 Å². The summed E-state index contributed by atoms with van der Waals surface area (Å²) in [5.74, 6) is 0.0615. The highest BCUT2D eigenvalue weighted by atomic mass is 32.2. The molecule has 2 heterocycles. The Morgan fingerprint density at radius 2 is 2.03 bits per heavy atom. The van der Waals surface area contributed by atoms with Crippen LogP contribution in [-0.4, -0.2) is 42.9 Å². The van der Waals surface area contributed by atoms with Crippen LogP contribution in [0.3, 0.4) is 0 Å². The Balaban J connectivity index is 1.61. The normalized spacial score (nSPS) is 13.7. The number of thioether (sulfide) groups is 1. The van der Waals surface area contributed by atoms with Crippen molar-refractivity contribution >= 4 is 40.4 Å². The number of nitrogens with one attached hydrogen (secondary N) is 2. The average Bonchev–Trinajstić information content (AvgIpc) is 3.42. The Bertz CT molecular complexity index is 1130. The van der Waals surface area contributed by atoms with Gasteiger partial charge in [0.05, 0.1) is 16.7 Å². The summed E-state index contributed by atoms with van der Waals surface area (Å²) in [6, 6.07) is 7.00. The number of hydrogen-bond acceptors (Lipinski definition) is 6. The van der Waals surface area contributed by atoms with E-state index in [1.54, 1.807) is 15.0 Å². The first-order chi connectivity index (χ1) is 14.1. The number of benzene rings is 1. The molecule has 4 rings (SSSR count). The molecule has 2 aromatic heterocycles. The molecule has 0 spiro atoms. The summed E-state index contributed by atoms with van der Waals surface area (Å²) in [6.07, 6.45) is 3.70. The van der Waals surface area contributed by atoms with Crippen LogP contribution in [0.15, 0.2) is 34.2 Å². The molecule has 152 valence electrons. The minimum Gasteiger partial charge on any atom is -0.335 e. The highest BCUT2D eigenvalue weighted by molar-refractivity contribution is 7.99. The average molecular weight is 414 g/mol. The lowest BCUT2D eigenvalue weighted by molar-refractivity contribution is -0.117. The van der Waals surface area contributed by atoms with Crippen molar-refractivity contribution in [2.75, 3.05) is 5.75 Å². The lowest BCUT2D eigenvalue weighted by atomic mass is 10.2. The van der Waals surface area contributed by atoms with Crippen molar-refractivity contribution < 1.29 is 9.59 Å². The van der Waals surface area contributed by atoms with E-state index in [9.17, 15) is 14.4 Å². The zero-order valence-electron chi connectivity index (χ0n) is 16.1. The Labute approximate surface area is 170 Å². The zero-order chi connectivity index (χ0) is 20.4. The fourth-order valence-corrected chi connectivity index (χ4v) is 3.83. The van der Waals surface area contributed by atoms with Gasteiger partial charge in [-0.25, -0.2) is 4.79 Å². The summed E-state index contributed by atoms with van der Waals surface area (Å²) >= 11 is 1.18. The van der Waals surface area contributed by atoms with Crippen LogP contribution < -0.4 is 16.2 Å². The molecule has 29 heavy (non-hydrogen) atoms. The molecule has 0 aliphatic heterocycles. The lowest BCUT2D eigenvalue weighted by Crippen LogP contribution is -2.41. The predicted octanol–water partition coefficient (Wildman–Crippen LogP) is 1.92. The lowest BCUT2D eigenvalue weighted by Gasteiger charge is -2.10. The topological polar surface area (TPSA) is 110 Å². The van der Waals surface area contributed by atoms with Gasteiger partial charge < -0.3 is 5.32 Å². The van der Waals surface area contributed by atoms with Gasteiger partial charge in [-0.15, -0.1) is 10.2 Å². The van der Waals surface area contributed by atoms with E-state index in [1.165, 1.54) is 11.8 Å². The fourth-order valence-electron chi connectivity index (χ4n) is 3.09. The second-order valence-electron chi connectivity index (χ2n) is 7.03. The molecule has 0 unspecified atom stereocenters. The molecule has 0 radical (unpaired) electrons. The molecule has 0 bridgehead atoms. The van der Waals surface area contributed by atoms with Crippen molar-refractivity contribution in [2.45, 2.75) is 50.4 Å². The summed E-state index contributed by atoms with van der Waals surface area (Å²) in [7, 11) is 0.